The van der Waals surface area contributed by atoms with E-state index in [4.69, 9.17) is 23.2 Å². The van der Waals surface area contributed by atoms with Crippen molar-refractivity contribution in [2.24, 2.45) is 0 Å². The second-order valence-corrected chi connectivity index (χ2v) is 7.46. The molecule has 0 amide bonds. The molecule has 0 saturated heterocycles. The fraction of sp³-hybridized carbons (Fsp3) is 0.211. The van der Waals surface area contributed by atoms with Crippen LogP contribution in [0.4, 0.5) is 0 Å². The molecule has 4 nitrogen and oxygen atoms in total. The SMILES string of the molecule is C[C@@]1(C(=O)O)Cc2c([nH]c3ccccc23)[C@@H](c2ccc(Cl)cc2Cl)N1. The van der Waals surface area contributed by atoms with Gasteiger partial charge < -0.3 is 10.1 Å². The molecule has 6 heteroatoms. The number of H-pyrrole nitrogens is 1. The van der Waals surface area contributed by atoms with Crippen LogP contribution in [-0.2, 0) is 11.2 Å². The molecule has 0 spiro atoms. The van der Waals surface area contributed by atoms with Crippen molar-refractivity contribution in [3.05, 3.63) is 69.3 Å². The second kappa shape index (κ2) is 5.77. The first-order valence-electron chi connectivity index (χ1n) is 7.94. The van der Waals surface area contributed by atoms with Crippen molar-refractivity contribution >= 4 is 40.1 Å². The van der Waals surface area contributed by atoms with Crippen molar-refractivity contribution < 1.29 is 9.90 Å². The molecule has 1 aromatic heterocycles. The van der Waals surface area contributed by atoms with Gasteiger partial charge in [0, 0.05) is 33.1 Å². The van der Waals surface area contributed by atoms with E-state index >= 15 is 0 Å². The number of carbonyl (C=O) groups is 1. The van der Waals surface area contributed by atoms with Crippen LogP contribution in [0, 0.1) is 0 Å². The monoisotopic (exact) mass is 374 g/mol. The topological polar surface area (TPSA) is 65.1 Å². The number of aliphatic carboxylic acids is 1. The average Bonchev–Trinajstić information content (AvgIpc) is 2.93. The molecule has 25 heavy (non-hydrogen) atoms. The molecular formula is C19H16Cl2N2O2. The Labute approximate surface area is 154 Å². The molecule has 0 radical (unpaired) electrons. The first-order chi connectivity index (χ1) is 11.9. The van der Waals surface area contributed by atoms with Crippen LogP contribution in [0.5, 0.6) is 0 Å². The summed E-state index contributed by atoms with van der Waals surface area (Å²) in [5.41, 5.74) is 2.65. The number of nitrogens with one attached hydrogen (secondary N) is 2. The quantitative estimate of drug-likeness (QED) is 0.616. The number of rotatable bonds is 2. The molecule has 0 unspecified atom stereocenters. The lowest BCUT2D eigenvalue weighted by Crippen LogP contribution is -2.55. The van der Waals surface area contributed by atoms with Crippen molar-refractivity contribution in [2.75, 3.05) is 0 Å². The molecule has 0 saturated carbocycles. The number of carboxylic acids is 1. The van der Waals surface area contributed by atoms with Crippen molar-refractivity contribution in [2.45, 2.75) is 24.9 Å². The fourth-order valence-corrected chi connectivity index (χ4v) is 4.08. The van der Waals surface area contributed by atoms with Gasteiger partial charge >= 0.3 is 5.97 Å². The lowest BCUT2D eigenvalue weighted by atomic mass is 9.83. The molecule has 2 atom stereocenters. The van der Waals surface area contributed by atoms with Gasteiger partial charge in [0.25, 0.3) is 0 Å². The van der Waals surface area contributed by atoms with Crippen molar-refractivity contribution in [1.82, 2.24) is 10.3 Å². The minimum absolute atomic E-state index is 0.359. The normalized spacial score (nSPS) is 22.8. The van der Waals surface area contributed by atoms with E-state index in [1.165, 1.54) is 0 Å². The lowest BCUT2D eigenvalue weighted by Gasteiger charge is -2.37. The van der Waals surface area contributed by atoms with Crippen LogP contribution in [0.25, 0.3) is 10.9 Å². The number of para-hydroxylation sites is 1. The molecule has 4 rings (SSSR count). The Hall–Kier alpha value is -2.01. The minimum Gasteiger partial charge on any atom is -0.480 e. The summed E-state index contributed by atoms with van der Waals surface area (Å²) in [6, 6.07) is 12.8. The van der Waals surface area contributed by atoms with Gasteiger partial charge in [-0.2, -0.15) is 0 Å². The molecule has 1 aliphatic rings. The molecule has 0 fully saturated rings. The minimum atomic E-state index is -1.09. The van der Waals surface area contributed by atoms with Gasteiger partial charge in [0.1, 0.15) is 5.54 Å². The number of hydrogen-bond donors (Lipinski definition) is 3. The number of benzene rings is 2. The van der Waals surface area contributed by atoms with E-state index in [-0.39, 0.29) is 6.04 Å². The van der Waals surface area contributed by atoms with Crippen molar-refractivity contribution in [3.8, 4) is 0 Å². The zero-order valence-corrected chi connectivity index (χ0v) is 14.9. The summed E-state index contributed by atoms with van der Waals surface area (Å²) in [6.07, 6.45) is 0.392. The van der Waals surface area contributed by atoms with Crippen LogP contribution >= 0.6 is 23.2 Å². The van der Waals surface area contributed by atoms with E-state index in [9.17, 15) is 9.90 Å². The highest BCUT2D eigenvalue weighted by Crippen LogP contribution is 2.40. The van der Waals surface area contributed by atoms with Gasteiger partial charge in [0.15, 0.2) is 0 Å². The van der Waals surface area contributed by atoms with Gasteiger partial charge in [-0.3, -0.25) is 10.1 Å². The summed E-state index contributed by atoms with van der Waals surface area (Å²) in [5.74, 6) is -0.890. The third-order valence-corrected chi connectivity index (χ3v) is 5.44. The molecule has 3 N–H and O–H groups in total. The highest BCUT2D eigenvalue weighted by Gasteiger charge is 2.43. The Morgan fingerprint density at radius 1 is 1.24 bits per heavy atom. The van der Waals surface area contributed by atoms with E-state index in [0.717, 1.165) is 27.7 Å². The Balaban J connectivity index is 1.96. The van der Waals surface area contributed by atoms with E-state index in [1.54, 1.807) is 19.1 Å². The molecular weight excluding hydrogens is 359 g/mol. The smallest absolute Gasteiger partial charge is 0.323 e. The number of halogens is 2. The Morgan fingerprint density at radius 3 is 2.72 bits per heavy atom. The predicted molar refractivity (Wildman–Crippen MR) is 99.5 cm³/mol. The van der Waals surface area contributed by atoms with Crippen LogP contribution in [0.1, 0.15) is 29.8 Å². The summed E-state index contributed by atoms with van der Waals surface area (Å²) in [7, 11) is 0. The maximum Gasteiger partial charge on any atom is 0.323 e. The Kier molecular flexibility index (Phi) is 3.80. The third-order valence-electron chi connectivity index (χ3n) is 4.87. The number of aromatic amines is 1. The van der Waals surface area contributed by atoms with Gasteiger partial charge in [-0.1, -0.05) is 47.5 Å². The molecule has 2 heterocycles. The van der Waals surface area contributed by atoms with Gasteiger partial charge in [-0.25, -0.2) is 0 Å². The molecule has 3 aromatic rings. The standard InChI is InChI=1S/C19H16Cl2N2O2/c1-19(18(24)25)9-13-11-4-2-3-5-15(11)22-16(13)17(23-19)12-7-6-10(20)8-14(12)21/h2-8,17,22-23H,9H2,1H3,(H,24,25)/t17-,19+/m1/s1. The van der Waals surface area contributed by atoms with Crippen LogP contribution < -0.4 is 5.32 Å². The molecule has 2 aromatic carbocycles. The van der Waals surface area contributed by atoms with Crippen LogP contribution in [-0.4, -0.2) is 21.6 Å². The largest absolute Gasteiger partial charge is 0.480 e. The molecule has 0 bridgehead atoms. The maximum atomic E-state index is 11.9. The molecule has 1 aliphatic heterocycles. The summed E-state index contributed by atoms with van der Waals surface area (Å²) in [4.78, 5) is 15.4. The summed E-state index contributed by atoms with van der Waals surface area (Å²) < 4.78 is 0. The van der Waals surface area contributed by atoms with E-state index in [0.29, 0.717) is 16.5 Å². The summed E-state index contributed by atoms with van der Waals surface area (Å²) in [6.45, 7) is 1.71. The lowest BCUT2D eigenvalue weighted by molar-refractivity contribution is -0.144. The highest BCUT2D eigenvalue weighted by atomic mass is 35.5. The van der Waals surface area contributed by atoms with Crippen LogP contribution in [0.2, 0.25) is 10.0 Å². The van der Waals surface area contributed by atoms with Gasteiger partial charge in [-0.05, 0) is 36.2 Å². The van der Waals surface area contributed by atoms with Crippen molar-refractivity contribution in [1.29, 1.82) is 0 Å². The molecule has 0 aliphatic carbocycles. The maximum absolute atomic E-state index is 11.9. The van der Waals surface area contributed by atoms with Crippen LogP contribution in [0.15, 0.2) is 42.5 Å². The van der Waals surface area contributed by atoms with E-state index in [1.807, 2.05) is 30.3 Å². The zero-order valence-electron chi connectivity index (χ0n) is 13.4. The zero-order chi connectivity index (χ0) is 17.8. The Bertz CT molecular complexity index is 998. The number of fused-ring (bicyclic) bond motifs is 3. The summed E-state index contributed by atoms with van der Waals surface area (Å²) in [5, 5.41) is 15.1. The highest BCUT2D eigenvalue weighted by molar-refractivity contribution is 6.35. The van der Waals surface area contributed by atoms with Gasteiger partial charge in [-0.15, -0.1) is 0 Å². The van der Waals surface area contributed by atoms with Crippen molar-refractivity contribution in [3.63, 3.8) is 0 Å². The second-order valence-electron chi connectivity index (χ2n) is 6.62. The molecule has 128 valence electrons. The average molecular weight is 375 g/mol. The van der Waals surface area contributed by atoms with E-state index < -0.39 is 11.5 Å². The van der Waals surface area contributed by atoms with Gasteiger partial charge in [0.05, 0.1) is 6.04 Å². The fourth-order valence-electron chi connectivity index (χ4n) is 3.56. The van der Waals surface area contributed by atoms with Gasteiger partial charge in [0.2, 0.25) is 0 Å². The van der Waals surface area contributed by atoms with Crippen LogP contribution in [0.3, 0.4) is 0 Å². The number of hydrogen-bond acceptors (Lipinski definition) is 2. The summed E-state index contributed by atoms with van der Waals surface area (Å²) >= 11 is 12.4. The number of carboxylic acid groups (broad SMARTS) is 1. The van der Waals surface area contributed by atoms with E-state index in [2.05, 4.69) is 10.3 Å². The predicted octanol–water partition coefficient (Wildman–Crippen LogP) is 4.55. The first-order valence-corrected chi connectivity index (χ1v) is 8.70. The number of aromatic nitrogens is 1. The third kappa shape index (κ3) is 2.61. The Morgan fingerprint density at radius 2 is 2.00 bits per heavy atom. The first kappa shape index (κ1) is 16.5.